The second-order valence-corrected chi connectivity index (χ2v) is 3.49. The minimum absolute atomic E-state index is 0.183. The Bertz CT molecular complexity index is 297. The molecule has 0 saturated heterocycles. The van der Waals surface area contributed by atoms with Gasteiger partial charge in [0.1, 0.15) is 6.04 Å². The number of hydrogen-bond acceptors (Lipinski definition) is 2. The Balaban J connectivity index is 2.59. The number of nitrogens with two attached hydrogens (primary N) is 1. The van der Waals surface area contributed by atoms with Crippen LogP contribution in [0.4, 0.5) is 0 Å². The highest BCUT2D eigenvalue weighted by molar-refractivity contribution is 5.73. The number of carboxylic acids is 1. The first-order valence-electron chi connectivity index (χ1n) is 4.64. The fourth-order valence-corrected chi connectivity index (χ4v) is 1.40. The monoisotopic (exact) mass is 193 g/mol. The van der Waals surface area contributed by atoms with Gasteiger partial charge in [0, 0.05) is 0 Å². The van der Waals surface area contributed by atoms with E-state index in [1.807, 2.05) is 37.3 Å². The number of aliphatic carboxylic acids is 1. The fraction of sp³-hybridized carbons (Fsp3) is 0.364. The van der Waals surface area contributed by atoms with E-state index in [0.717, 1.165) is 5.56 Å². The van der Waals surface area contributed by atoms with Crippen LogP contribution in [0.1, 0.15) is 24.8 Å². The summed E-state index contributed by atoms with van der Waals surface area (Å²) in [7, 11) is 0. The first kappa shape index (κ1) is 10.7. The van der Waals surface area contributed by atoms with Crippen molar-refractivity contribution in [1.29, 1.82) is 0 Å². The van der Waals surface area contributed by atoms with Crippen LogP contribution in [0, 0.1) is 0 Å². The molecule has 0 amide bonds. The van der Waals surface area contributed by atoms with E-state index < -0.39 is 12.0 Å². The molecule has 1 rings (SSSR count). The van der Waals surface area contributed by atoms with Crippen molar-refractivity contribution in [3.8, 4) is 0 Å². The molecule has 3 heteroatoms. The van der Waals surface area contributed by atoms with Gasteiger partial charge in [0.05, 0.1) is 0 Å². The maximum absolute atomic E-state index is 10.5. The average molecular weight is 193 g/mol. The minimum Gasteiger partial charge on any atom is -0.480 e. The van der Waals surface area contributed by atoms with Crippen molar-refractivity contribution < 1.29 is 9.90 Å². The topological polar surface area (TPSA) is 63.3 Å². The summed E-state index contributed by atoms with van der Waals surface area (Å²) in [4.78, 5) is 10.5. The van der Waals surface area contributed by atoms with E-state index in [4.69, 9.17) is 10.8 Å². The zero-order valence-electron chi connectivity index (χ0n) is 8.18. The van der Waals surface area contributed by atoms with E-state index in [0.29, 0.717) is 6.42 Å². The van der Waals surface area contributed by atoms with E-state index in [-0.39, 0.29) is 5.92 Å². The molecule has 14 heavy (non-hydrogen) atoms. The summed E-state index contributed by atoms with van der Waals surface area (Å²) < 4.78 is 0. The van der Waals surface area contributed by atoms with Crippen LogP contribution in [-0.2, 0) is 4.79 Å². The maximum atomic E-state index is 10.5. The Morgan fingerprint density at radius 2 is 2.00 bits per heavy atom. The van der Waals surface area contributed by atoms with Crippen LogP contribution in [0.5, 0.6) is 0 Å². The summed E-state index contributed by atoms with van der Waals surface area (Å²) in [6.45, 7) is 1.98. The predicted octanol–water partition coefficient (Wildman–Crippen LogP) is 1.59. The lowest BCUT2D eigenvalue weighted by Gasteiger charge is -2.14. The number of benzene rings is 1. The molecule has 3 nitrogen and oxygen atoms in total. The molecule has 0 aliphatic carbocycles. The van der Waals surface area contributed by atoms with E-state index >= 15 is 0 Å². The molecule has 0 aromatic heterocycles. The van der Waals surface area contributed by atoms with Gasteiger partial charge < -0.3 is 10.8 Å². The van der Waals surface area contributed by atoms with E-state index in [2.05, 4.69) is 0 Å². The first-order chi connectivity index (χ1) is 6.61. The van der Waals surface area contributed by atoms with Gasteiger partial charge in [-0.1, -0.05) is 37.3 Å². The van der Waals surface area contributed by atoms with Crippen molar-refractivity contribution in [2.75, 3.05) is 0 Å². The number of carbonyl (C=O) groups is 1. The van der Waals surface area contributed by atoms with Gasteiger partial charge in [0.15, 0.2) is 0 Å². The molecule has 0 radical (unpaired) electrons. The van der Waals surface area contributed by atoms with Crippen LogP contribution in [0.3, 0.4) is 0 Å². The molecule has 0 saturated carbocycles. The molecule has 0 fully saturated rings. The molecule has 1 aromatic rings. The van der Waals surface area contributed by atoms with Gasteiger partial charge in [-0.25, -0.2) is 0 Å². The SMILES string of the molecule is C[C@@H](C[C@@H](N)C(=O)O)c1ccccc1. The van der Waals surface area contributed by atoms with Crippen LogP contribution in [0.2, 0.25) is 0 Å². The lowest BCUT2D eigenvalue weighted by Crippen LogP contribution is -2.31. The molecular formula is C11H15NO2. The normalized spacial score (nSPS) is 14.7. The third-order valence-electron chi connectivity index (χ3n) is 2.29. The van der Waals surface area contributed by atoms with Crippen molar-refractivity contribution in [3.05, 3.63) is 35.9 Å². The molecule has 0 aliphatic rings. The quantitative estimate of drug-likeness (QED) is 0.763. The van der Waals surface area contributed by atoms with Crippen LogP contribution >= 0.6 is 0 Å². The molecular weight excluding hydrogens is 178 g/mol. The molecule has 0 bridgehead atoms. The smallest absolute Gasteiger partial charge is 0.320 e. The largest absolute Gasteiger partial charge is 0.480 e. The molecule has 3 N–H and O–H groups in total. The van der Waals surface area contributed by atoms with Gasteiger partial charge in [-0.2, -0.15) is 0 Å². The highest BCUT2D eigenvalue weighted by atomic mass is 16.4. The molecule has 76 valence electrons. The Morgan fingerprint density at radius 1 is 1.43 bits per heavy atom. The Labute approximate surface area is 83.6 Å². The third-order valence-corrected chi connectivity index (χ3v) is 2.29. The lowest BCUT2D eigenvalue weighted by molar-refractivity contribution is -0.138. The molecule has 0 unspecified atom stereocenters. The minimum atomic E-state index is -0.937. The van der Waals surface area contributed by atoms with Crippen molar-refractivity contribution >= 4 is 5.97 Å². The number of rotatable bonds is 4. The molecule has 0 aliphatic heterocycles. The summed E-state index contributed by atoms with van der Waals surface area (Å²) in [5, 5.41) is 8.65. The van der Waals surface area contributed by atoms with E-state index in [1.54, 1.807) is 0 Å². The summed E-state index contributed by atoms with van der Waals surface area (Å²) >= 11 is 0. The van der Waals surface area contributed by atoms with Gasteiger partial charge in [-0.05, 0) is 17.9 Å². The van der Waals surface area contributed by atoms with Crippen molar-refractivity contribution in [2.24, 2.45) is 5.73 Å². The second kappa shape index (κ2) is 4.77. The van der Waals surface area contributed by atoms with Crippen LogP contribution in [0.25, 0.3) is 0 Å². The fourth-order valence-electron chi connectivity index (χ4n) is 1.40. The van der Waals surface area contributed by atoms with Gasteiger partial charge in [0.2, 0.25) is 0 Å². The maximum Gasteiger partial charge on any atom is 0.320 e. The summed E-state index contributed by atoms with van der Waals surface area (Å²) in [6.07, 6.45) is 0.472. The zero-order valence-corrected chi connectivity index (χ0v) is 8.18. The number of carboxylic acid groups (broad SMARTS) is 1. The van der Waals surface area contributed by atoms with E-state index in [1.165, 1.54) is 0 Å². The summed E-state index contributed by atoms with van der Waals surface area (Å²) in [6, 6.07) is 9.02. The molecule has 0 heterocycles. The van der Waals surface area contributed by atoms with Gasteiger partial charge in [0.25, 0.3) is 0 Å². The summed E-state index contributed by atoms with van der Waals surface area (Å²) in [5.41, 5.74) is 6.58. The molecule has 2 atom stereocenters. The Hall–Kier alpha value is -1.35. The van der Waals surface area contributed by atoms with Crippen molar-refractivity contribution in [2.45, 2.75) is 25.3 Å². The highest BCUT2D eigenvalue weighted by Gasteiger charge is 2.16. The van der Waals surface area contributed by atoms with Gasteiger partial charge in [-0.15, -0.1) is 0 Å². The van der Waals surface area contributed by atoms with Gasteiger partial charge >= 0.3 is 5.97 Å². The van der Waals surface area contributed by atoms with Gasteiger partial charge in [-0.3, -0.25) is 4.79 Å². The summed E-state index contributed by atoms with van der Waals surface area (Å²) in [5.74, 6) is -0.755. The van der Waals surface area contributed by atoms with Crippen LogP contribution < -0.4 is 5.73 Å². The number of hydrogen-bond donors (Lipinski definition) is 2. The molecule has 0 spiro atoms. The average Bonchev–Trinajstić information content (AvgIpc) is 2.19. The van der Waals surface area contributed by atoms with E-state index in [9.17, 15) is 4.79 Å². The first-order valence-corrected chi connectivity index (χ1v) is 4.64. The van der Waals surface area contributed by atoms with Crippen LogP contribution in [-0.4, -0.2) is 17.1 Å². The third kappa shape index (κ3) is 2.85. The Kier molecular flexibility index (Phi) is 3.65. The molecule has 1 aromatic carbocycles. The second-order valence-electron chi connectivity index (χ2n) is 3.49. The van der Waals surface area contributed by atoms with Crippen molar-refractivity contribution in [3.63, 3.8) is 0 Å². The standard InChI is InChI=1S/C11H15NO2/c1-8(7-10(12)11(13)14)9-5-3-2-4-6-9/h2-6,8,10H,7,12H2,1H3,(H,13,14)/t8-,10+/m0/s1. The van der Waals surface area contributed by atoms with Crippen LogP contribution in [0.15, 0.2) is 30.3 Å². The predicted molar refractivity (Wildman–Crippen MR) is 55.1 cm³/mol. The van der Waals surface area contributed by atoms with Crippen molar-refractivity contribution in [1.82, 2.24) is 0 Å². The zero-order chi connectivity index (χ0) is 10.6. The Morgan fingerprint density at radius 3 is 2.50 bits per heavy atom. The lowest BCUT2D eigenvalue weighted by atomic mass is 9.94. The highest BCUT2D eigenvalue weighted by Crippen LogP contribution is 2.19.